The molecule has 0 aromatic heterocycles. The summed E-state index contributed by atoms with van der Waals surface area (Å²) in [5.41, 5.74) is 2.02. The molecule has 0 aliphatic carbocycles. The van der Waals surface area contributed by atoms with Gasteiger partial charge in [-0.2, -0.15) is 0 Å². The number of benzene rings is 3. The maximum Gasteiger partial charge on any atom is 0.244 e. The van der Waals surface area contributed by atoms with Crippen LogP contribution in [0.3, 0.4) is 0 Å². The van der Waals surface area contributed by atoms with Crippen LogP contribution in [0.2, 0.25) is 0 Å². The Bertz CT molecular complexity index is 1370. The molecule has 0 aliphatic heterocycles. The fourth-order valence-corrected chi connectivity index (χ4v) is 5.46. The zero-order chi connectivity index (χ0) is 29.1. The molecule has 0 bridgehead atoms. The zero-order valence-corrected chi connectivity index (χ0v) is 26.0. The first kappa shape index (κ1) is 31.4. The summed E-state index contributed by atoms with van der Waals surface area (Å²) in [5, 5.41) is 2.98. The first-order chi connectivity index (χ1) is 19.1. The molecule has 2 amide bonds. The molecule has 1 unspecified atom stereocenters. The lowest BCUT2D eigenvalue weighted by Crippen LogP contribution is -2.53. The van der Waals surface area contributed by atoms with Crippen LogP contribution in [-0.2, 0) is 32.6 Å². The van der Waals surface area contributed by atoms with Gasteiger partial charge >= 0.3 is 0 Å². The minimum absolute atomic E-state index is 0.0963. The van der Waals surface area contributed by atoms with Gasteiger partial charge in [-0.3, -0.25) is 13.9 Å². The lowest BCUT2D eigenvalue weighted by atomic mass is 10.0. The third-order valence-electron chi connectivity index (χ3n) is 6.38. The number of ether oxygens (including phenoxy) is 1. The second kappa shape index (κ2) is 15.0. The van der Waals surface area contributed by atoms with E-state index >= 15 is 0 Å². The smallest absolute Gasteiger partial charge is 0.244 e. The van der Waals surface area contributed by atoms with Crippen molar-refractivity contribution in [3.63, 3.8) is 0 Å². The van der Waals surface area contributed by atoms with E-state index in [4.69, 9.17) is 4.74 Å². The van der Waals surface area contributed by atoms with Crippen molar-refractivity contribution in [2.45, 2.75) is 38.8 Å². The van der Waals surface area contributed by atoms with Gasteiger partial charge in [-0.25, -0.2) is 8.42 Å². The Morgan fingerprint density at radius 3 is 2.27 bits per heavy atom. The Kier molecular flexibility index (Phi) is 11.8. The molecule has 3 aromatic rings. The minimum atomic E-state index is -3.80. The van der Waals surface area contributed by atoms with Gasteiger partial charge in [-0.1, -0.05) is 55.8 Å². The van der Waals surface area contributed by atoms with Crippen molar-refractivity contribution in [2.24, 2.45) is 0 Å². The predicted molar refractivity (Wildman–Crippen MR) is 167 cm³/mol. The molecule has 0 fully saturated rings. The number of hydrogen-bond donors (Lipinski definition) is 1. The largest absolute Gasteiger partial charge is 0.497 e. The zero-order valence-electron chi connectivity index (χ0n) is 23.0. The summed E-state index contributed by atoms with van der Waals surface area (Å²) in [5.74, 6) is -0.152. The Hall–Kier alpha value is -3.12. The highest BCUT2D eigenvalue weighted by molar-refractivity contribution is 14.1. The van der Waals surface area contributed by atoms with Crippen LogP contribution in [0.25, 0.3) is 0 Å². The number of sulfonamides is 1. The Balaban J connectivity index is 2.04. The molecule has 10 heteroatoms. The van der Waals surface area contributed by atoms with Crippen molar-refractivity contribution in [3.05, 3.63) is 93.6 Å². The molecule has 0 spiro atoms. The quantitative estimate of drug-likeness (QED) is 0.199. The van der Waals surface area contributed by atoms with E-state index in [2.05, 4.69) is 27.9 Å². The van der Waals surface area contributed by atoms with Crippen molar-refractivity contribution in [2.75, 3.05) is 30.8 Å². The number of amides is 2. The molecular weight excluding hydrogens is 641 g/mol. The monoisotopic (exact) mass is 677 g/mol. The molecule has 0 saturated carbocycles. The molecule has 3 rings (SSSR count). The number of halogens is 1. The molecule has 1 N–H and O–H groups in total. The first-order valence-electron chi connectivity index (χ1n) is 13.1. The fraction of sp³-hybridized carbons (Fsp3) is 0.333. The summed E-state index contributed by atoms with van der Waals surface area (Å²) in [6.45, 7) is 2.17. The van der Waals surface area contributed by atoms with Gasteiger partial charge in [-0.05, 0) is 76.5 Å². The van der Waals surface area contributed by atoms with E-state index < -0.39 is 28.5 Å². The van der Waals surface area contributed by atoms with Gasteiger partial charge in [0.2, 0.25) is 21.8 Å². The summed E-state index contributed by atoms with van der Waals surface area (Å²) in [6, 6.07) is 22.8. The molecule has 3 aromatic carbocycles. The van der Waals surface area contributed by atoms with E-state index in [-0.39, 0.29) is 18.9 Å². The van der Waals surface area contributed by atoms with Crippen LogP contribution in [0, 0.1) is 3.57 Å². The van der Waals surface area contributed by atoms with E-state index in [1.807, 2.05) is 55.5 Å². The molecule has 0 radical (unpaired) electrons. The average molecular weight is 678 g/mol. The van der Waals surface area contributed by atoms with E-state index in [1.54, 1.807) is 37.4 Å². The first-order valence-corrected chi connectivity index (χ1v) is 16.0. The van der Waals surface area contributed by atoms with Crippen molar-refractivity contribution >= 4 is 50.1 Å². The second-order valence-electron chi connectivity index (χ2n) is 9.47. The van der Waals surface area contributed by atoms with Gasteiger partial charge < -0.3 is 15.0 Å². The van der Waals surface area contributed by atoms with E-state index in [0.717, 1.165) is 38.1 Å². The molecular formula is C30H36IN3O5S. The van der Waals surface area contributed by atoms with Crippen LogP contribution in [0.4, 0.5) is 5.69 Å². The third kappa shape index (κ3) is 9.22. The van der Waals surface area contributed by atoms with E-state index in [9.17, 15) is 18.0 Å². The number of nitrogens with zero attached hydrogens (tertiary/aromatic N) is 2. The van der Waals surface area contributed by atoms with Crippen LogP contribution >= 0.6 is 22.6 Å². The number of anilines is 1. The maximum absolute atomic E-state index is 14.1. The summed E-state index contributed by atoms with van der Waals surface area (Å²) in [4.78, 5) is 29.2. The highest BCUT2D eigenvalue weighted by atomic mass is 127. The number of methoxy groups -OCH3 is 1. The third-order valence-corrected chi connectivity index (χ3v) is 8.24. The molecule has 0 heterocycles. The molecule has 214 valence electrons. The van der Waals surface area contributed by atoms with Crippen LogP contribution < -0.4 is 14.4 Å². The standard InChI is InChI=1S/C30H36IN3O5S/c1-4-5-18-32-30(36)28(20-23-10-7-6-8-11-23)33(21-24-12-9-13-27(19-24)39-2)29(35)22-34(40(3,37)38)26-16-14-25(31)15-17-26/h6-17,19,28H,4-5,18,20-22H2,1-3H3,(H,32,36). The number of carbonyl (C=O) groups excluding carboxylic acids is 2. The molecule has 0 aliphatic rings. The number of unbranched alkanes of at least 4 members (excludes halogenated alkanes) is 1. The topological polar surface area (TPSA) is 96.0 Å². The summed E-state index contributed by atoms with van der Waals surface area (Å²) < 4.78 is 33.1. The van der Waals surface area contributed by atoms with Crippen LogP contribution in [-0.4, -0.2) is 57.6 Å². The number of carbonyl (C=O) groups is 2. The minimum Gasteiger partial charge on any atom is -0.497 e. The number of hydrogen-bond acceptors (Lipinski definition) is 5. The van der Waals surface area contributed by atoms with Crippen molar-refractivity contribution in [1.29, 1.82) is 0 Å². The summed E-state index contributed by atoms with van der Waals surface area (Å²) in [6.07, 6.45) is 3.07. The molecule has 0 saturated heterocycles. The predicted octanol–water partition coefficient (Wildman–Crippen LogP) is 4.62. The van der Waals surface area contributed by atoms with E-state index in [0.29, 0.717) is 18.0 Å². The average Bonchev–Trinajstić information content (AvgIpc) is 2.94. The van der Waals surface area contributed by atoms with Crippen LogP contribution in [0.5, 0.6) is 5.75 Å². The van der Waals surface area contributed by atoms with Crippen LogP contribution in [0.15, 0.2) is 78.9 Å². The van der Waals surface area contributed by atoms with Gasteiger partial charge in [0, 0.05) is 23.1 Å². The second-order valence-corrected chi connectivity index (χ2v) is 12.6. The number of nitrogens with one attached hydrogen (secondary N) is 1. The summed E-state index contributed by atoms with van der Waals surface area (Å²) in [7, 11) is -2.24. The molecule has 40 heavy (non-hydrogen) atoms. The maximum atomic E-state index is 14.1. The Labute approximate surface area is 250 Å². The van der Waals surface area contributed by atoms with Gasteiger partial charge in [0.05, 0.1) is 19.1 Å². The van der Waals surface area contributed by atoms with Crippen molar-refractivity contribution in [1.82, 2.24) is 10.2 Å². The molecule has 1 atom stereocenters. The normalized spacial score (nSPS) is 11.9. The summed E-state index contributed by atoms with van der Waals surface area (Å²) >= 11 is 2.14. The van der Waals surface area contributed by atoms with Gasteiger partial charge in [0.25, 0.3) is 0 Å². The van der Waals surface area contributed by atoms with Crippen molar-refractivity contribution < 1.29 is 22.7 Å². The number of rotatable bonds is 14. The van der Waals surface area contributed by atoms with Gasteiger partial charge in [0.15, 0.2) is 0 Å². The fourth-order valence-electron chi connectivity index (χ4n) is 4.25. The van der Waals surface area contributed by atoms with Gasteiger partial charge in [0.1, 0.15) is 18.3 Å². The van der Waals surface area contributed by atoms with E-state index in [1.165, 1.54) is 4.90 Å². The Morgan fingerprint density at radius 1 is 0.975 bits per heavy atom. The van der Waals surface area contributed by atoms with Gasteiger partial charge in [-0.15, -0.1) is 0 Å². The SMILES string of the molecule is CCCCNC(=O)C(Cc1ccccc1)N(Cc1cccc(OC)c1)C(=O)CN(c1ccc(I)cc1)S(C)(=O)=O. The van der Waals surface area contributed by atoms with Crippen molar-refractivity contribution in [3.8, 4) is 5.75 Å². The Morgan fingerprint density at radius 2 is 1.65 bits per heavy atom. The highest BCUT2D eigenvalue weighted by Crippen LogP contribution is 2.22. The molecule has 8 nitrogen and oxygen atoms in total. The highest BCUT2D eigenvalue weighted by Gasteiger charge is 2.33. The lowest BCUT2D eigenvalue weighted by Gasteiger charge is -2.33. The van der Waals surface area contributed by atoms with Crippen LogP contribution in [0.1, 0.15) is 30.9 Å². The lowest BCUT2D eigenvalue weighted by molar-refractivity contribution is -0.140.